The number of benzene rings is 1. The van der Waals surface area contributed by atoms with E-state index in [1.165, 1.54) is 0 Å². The molecule has 0 spiro atoms. The van der Waals surface area contributed by atoms with Gasteiger partial charge in [0.25, 0.3) is 0 Å². The smallest absolute Gasteiger partial charge is 0.164 e. The first kappa shape index (κ1) is 9.70. The zero-order valence-corrected chi connectivity index (χ0v) is 7.44. The van der Waals surface area contributed by atoms with Crippen molar-refractivity contribution in [1.29, 1.82) is 0 Å². The Bertz CT molecular complexity index is 447. The third-order valence-electron chi connectivity index (χ3n) is 1.77. The number of hydrogen-bond acceptors (Lipinski definition) is 2. The predicted octanol–water partition coefficient (Wildman–Crippen LogP) is 2.29. The van der Waals surface area contributed by atoms with Crippen LogP contribution in [0.15, 0.2) is 36.5 Å². The van der Waals surface area contributed by atoms with E-state index in [0.29, 0.717) is 11.9 Å². The summed E-state index contributed by atoms with van der Waals surface area (Å²) in [4.78, 5) is 0.947. The van der Waals surface area contributed by atoms with E-state index in [2.05, 4.69) is 10.2 Å². The minimum Gasteiger partial charge on any atom is -0.164 e. The molecule has 0 aliphatic heterocycles. The molecule has 15 heavy (non-hydrogen) atoms. The third-order valence-corrected chi connectivity index (χ3v) is 1.77. The second-order valence-electron chi connectivity index (χ2n) is 2.85. The average molecular weight is 213 g/mol. The summed E-state index contributed by atoms with van der Waals surface area (Å²) in [5.74, 6) is 0. The van der Waals surface area contributed by atoms with Crippen molar-refractivity contribution in [3.05, 3.63) is 42.2 Å². The van der Waals surface area contributed by atoms with Crippen molar-refractivity contribution in [3.63, 3.8) is 0 Å². The molecule has 1 heterocycles. The van der Waals surface area contributed by atoms with Gasteiger partial charge in [-0.2, -0.15) is 23.1 Å². The van der Waals surface area contributed by atoms with Crippen molar-refractivity contribution in [1.82, 2.24) is 15.0 Å². The molecule has 0 aliphatic rings. The molecular weight excluding hydrogens is 207 g/mol. The van der Waals surface area contributed by atoms with Crippen LogP contribution in [0.5, 0.6) is 0 Å². The molecule has 0 radical (unpaired) electrons. The Balaban J connectivity index is 2.37. The largest absolute Gasteiger partial charge is 0.436 e. The zero-order chi connectivity index (χ0) is 10.9. The lowest BCUT2D eigenvalue weighted by Crippen LogP contribution is -2.07. The Hall–Kier alpha value is -1.85. The number of nitrogens with zero attached hydrogens (tertiary/aromatic N) is 3. The van der Waals surface area contributed by atoms with Gasteiger partial charge in [0.2, 0.25) is 0 Å². The maximum Gasteiger partial charge on any atom is 0.436 e. The van der Waals surface area contributed by atoms with Gasteiger partial charge in [0, 0.05) is 0 Å². The fourth-order valence-electron chi connectivity index (χ4n) is 1.08. The predicted molar refractivity (Wildman–Crippen MR) is 46.4 cm³/mol. The standard InChI is InChI=1S/C9H6F3N3/c10-9(11,12)8-6-13-15(14-8)7-4-2-1-3-5-7/h1-6H. The van der Waals surface area contributed by atoms with E-state index in [1.807, 2.05) is 0 Å². The molecule has 0 bridgehead atoms. The van der Waals surface area contributed by atoms with Crippen LogP contribution >= 0.6 is 0 Å². The molecule has 1 aromatic carbocycles. The number of halogens is 3. The van der Waals surface area contributed by atoms with Crippen molar-refractivity contribution in [3.8, 4) is 5.69 Å². The van der Waals surface area contributed by atoms with E-state index in [-0.39, 0.29) is 0 Å². The van der Waals surface area contributed by atoms with Crippen LogP contribution < -0.4 is 0 Å². The van der Waals surface area contributed by atoms with Gasteiger partial charge >= 0.3 is 6.18 Å². The van der Waals surface area contributed by atoms with Crippen LogP contribution in [0.1, 0.15) is 5.69 Å². The molecule has 0 fully saturated rings. The zero-order valence-electron chi connectivity index (χ0n) is 7.44. The summed E-state index contributed by atoms with van der Waals surface area (Å²) in [6.45, 7) is 0. The molecule has 6 heteroatoms. The van der Waals surface area contributed by atoms with Crippen molar-refractivity contribution in [2.75, 3.05) is 0 Å². The number of rotatable bonds is 1. The fraction of sp³-hybridized carbons (Fsp3) is 0.111. The maximum atomic E-state index is 12.2. The molecule has 0 atom stereocenters. The normalized spacial score (nSPS) is 11.7. The summed E-state index contributed by atoms with van der Waals surface area (Å²) < 4.78 is 36.6. The van der Waals surface area contributed by atoms with Gasteiger partial charge in [-0.25, -0.2) is 0 Å². The Kier molecular flexibility index (Phi) is 2.18. The summed E-state index contributed by atoms with van der Waals surface area (Å²) in [5.41, 5.74) is -0.501. The minimum absolute atomic E-state index is 0.494. The van der Waals surface area contributed by atoms with Crippen molar-refractivity contribution in [2.24, 2.45) is 0 Å². The SMILES string of the molecule is FC(F)(F)c1cnn(-c2ccccc2)n1. The summed E-state index contributed by atoms with van der Waals surface area (Å²) >= 11 is 0. The van der Waals surface area contributed by atoms with E-state index in [9.17, 15) is 13.2 Å². The Morgan fingerprint density at radius 3 is 2.27 bits per heavy atom. The summed E-state index contributed by atoms with van der Waals surface area (Å²) in [7, 11) is 0. The number of para-hydroxylation sites is 1. The molecule has 0 N–H and O–H groups in total. The van der Waals surface area contributed by atoms with Gasteiger partial charge in [0.15, 0.2) is 5.69 Å². The molecule has 0 saturated carbocycles. The van der Waals surface area contributed by atoms with Crippen LogP contribution in [0.25, 0.3) is 5.69 Å². The average Bonchev–Trinajstić information content (AvgIpc) is 2.67. The van der Waals surface area contributed by atoms with Crippen molar-refractivity contribution < 1.29 is 13.2 Å². The van der Waals surface area contributed by atoms with Gasteiger partial charge in [-0.1, -0.05) is 18.2 Å². The van der Waals surface area contributed by atoms with Crippen LogP contribution in [0, 0.1) is 0 Å². The fourth-order valence-corrected chi connectivity index (χ4v) is 1.08. The molecule has 1 aromatic heterocycles. The van der Waals surface area contributed by atoms with Crippen molar-refractivity contribution >= 4 is 0 Å². The van der Waals surface area contributed by atoms with Crippen molar-refractivity contribution in [2.45, 2.75) is 6.18 Å². The Morgan fingerprint density at radius 1 is 1.07 bits per heavy atom. The second kappa shape index (κ2) is 3.38. The monoisotopic (exact) mass is 213 g/mol. The topological polar surface area (TPSA) is 30.7 Å². The summed E-state index contributed by atoms with van der Waals surface area (Å²) in [6.07, 6.45) is -3.75. The third kappa shape index (κ3) is 1.98. The number of hydrogen-bond donors (Lipinski definition) is 0. The highest BCUT2D eigenvalue weighted by molar-refractivity contribution is 5.28. The lowest BCUT2D eigenvalue weighted by atomic mass is 10.3. The van der Waals surface area contributed by atoms with Gasteiger partial charge in [-0.05, 0) is 12.1 Å². The number of aromatic nitrogens is 3. The van der Waals surface area contributed by atoms with Gasteiger partial charge < -0.3 is 0 Å². The van der Waals surface area contributed by atoms with E-state index >= 15 is 0 Å². The molecule has 2 rings (SSSR count). The lowest BCUT2D eigenvalue weighted by molar-refractivity contribution is -0.141. The first-order chi connectivity index (χ1) is 7.07. The van der Waals surface area contributed by atoms with Gasteiger partial charge in [-0.3, -0.25) is 0 Å². The lowest BCUT2D eigenvalue weighted by Gasteiger charge is -2.00. The van der Waals surface area contributed by atoms with E-state index in [0.717, 1.165) is 4.80 Å². The summed E-state index contributed by atoms with van der Waals surface area (Å²) in [6, 6.07) is 8.41. The highest BCUT2D eigenvalue weighted by atomic mass is 19.4. The van der Waals surface area contributed by atoms with Gasteiger partial charge in [0.05, 0.1) is 11.9 Å². The number of alkyl halides is 3. The highest BCUT2D eigenvalue weighted by Gasteiger charge is 2.34. The van der Waals surface area contributed by atoms with Crippen LogP contribution in [-0.4, -0.2) is 15.0 Å². The molecule has 2 aromatic rings. The summed E-state index contributed by atoms with van der Waals surface area (Å²) in [5, 5.41) is 6.87. The first-order valence-corrected chi connectivity index (χ1v) is 4.12. The molecule has 0 unspecified atom stereocenters. The Morgan fingerprint density at radius 2 is 1.73 bits per heavy atom. The minimum atomic E-state index is -4.45. The first-order valence-electron chi connectivity index (χ1n) is 4.12. The second-order valence-corrected chi connectivity index (χ2v) is 2.85. The molecule has 0 aliphatic carbocycles. The van der Waals surface area contributed by atoms with E-state index in [4.69, 9.17) is 0 Å². The van der Waals surface area contributed by atoms with Gasteiger partial charge in [-0.15, -0.1) is 5.10 Å². The molecular formula is C9H6F3N3. The van der Waals surface area contributed by atoms with Gasteiger partial charge in [0.1, 0.15) is 0 Å². The van der Waals surface area contributed by atoms with Crippen LogP contribution in [0.4, 0.5) is 13.2 Å². The molecule has 0 amide bonds. The highest BCUT2D eigenvalue weighted by Crippen LogP contribution is 2.26. The maximum absolute atomic E-state index is 12.2. The van der Waals surface area contributed by atoms with Crippen LogP contribution in [-0.2, 0) is 6.18 Å². The van der Waals surface area contributed by atoms with E-state index in [1.54, 1.807) is 30.3 Å². The van der Waals surface area contributed by atoms with Crippen LogP contribution in [0.2, 0.25) is 0 Å². The quantitative estimate of drug-likeness (QED) is 0.727. The molecule has 78 valence electrons. The van der Waals surface area contributed by atoms with E-state index < -0.39 is 11.9 Å². The molecule has 3 nitrogen and oxygen atoms in total. The van der Waals surface area contributed by atoms with Crippen LogP contribution in [0.3, 0.4) is 0 Å². The Labute approximate surface area is 83.1 Å². The molecule has 0 saturated heterocycles.